The normalized spacial score (nSPS) is 25.6. The zero-order valence-electron chi connectivity index (χ0n) is 9.73. The quantitative estimate of drug-likeness (QED) is 0.910. The molecule has 18 heavy (non-hydrogen) atoms. The smallest absolute Gasteiger partial charge is 0.246 e. The molecule has 4 nitrogen and oxygen atoms in total. The molecule has 1 heterocycles. The molecule has 1 saturated heterocycles. The predicted octanol–water partition coefficient (Wildman–Crippen LogP) is 2.14. The van der Waals surface area contributed by atoms with Crippen molar-refractivity contribution in [2.45, 2.75) is 23.8 Å². The summed E-state index contributed by atoms with van der Waals surface area (Å²) >= 11 is 11.8. The van der Waals surface area contributed by atoms with Gasteiger partial charge in [-0.3, -0.25) is 0 Å². The van der Waals surface area contributed by atoms with Gasteiger partial charge in [0.25, 0.3) is 0 Å². The van der Waals surface area contributed by atoms with E-state index in [4.69, 9.17) is 23.2 Å². The van der Waals surface area contributed by atoms with Crippen LogP contribution < -0.4 is 0 Å². The van der Waals surface area contributed by atoms with Gasteiger partial charge in [0, 0.05) is 13.1 Å². The van der Waals surface area contributed by atoms with Crippen LogP contribution in [0, 0.1) is 0 Å². The van der Waals surface area contributed by atoms with Crippen LogP contribution in [-0.2, 0) is 10.0 Å². The second-order valence-corrected chi connectivity index (χ2v) is 7.33. The third kappa shape index (κ3) is 2.51. The first-order valence-corrected chi connectivity index (χ1v) is 7.60. The zero-order valence-corrected chi connectivity index (χ0v) is 12.1. The molecule has 0 aromatic heterocycles. The molecule has 1 fully saturated rings. The Morgan fingerprint density at radius 3 is 2.33 bits per heavy atom. The van der Waals surface area contributed by atoms with E-state index in [1.807, 2.05) is 0 Å². The van der Waals surface area contributed by atoms with Crippen LogP contribution in [-0.4, -0.2) is 36.5 Å². The van der Waals surface area contributed by atoms with Gasteiger partial charge in [0.05, 0.1) is 15.6 Å². The Balaban J connectivity index is 2.44. The predicted molar refractivity (Wildman–Crippen MR) is 70.5 cm³/mol. The molecule has 1 aromatic carbocycles. The van der Waals surface area contributed by atoms with Crippen molar-refractivity contribution in [2.75, 3.05) is 13.1 Å². The maximum Gasteiger partial charge on any atom is 0.246 e. The van der Waals surface area contributed by atoms with E-state index in [1.165, 1.54) is 16.4 Å². The molecule has 1 aliphatic rings. The van der Waals surface area contributed by atoms with Crippen molar-refractivity contribution in [1.82, 2.24) is 4.31 Å². The van der Waals surface area contributed by atoms with Gasteiger partial charge < -0.3 is 5.11 Å². The highest BCUT2D eigenvalue weighted by Crippen LogP contribution is 2.34. The van der Waals surface area contributed by atoms with Crippen LogP contribution in [0.3, 0.4) is 0 Å². The molecule has 1 unspecified atom stereocenters. The van der Waals surface area contributed by atoms with E-state index in [9.17, 15) is 13.5 Å². The van der Waals surface area contributed by atoms with E-state index in [0.717, 1.165) is 0 Å². The lowest BCUT2D eigenvalue weighted by molar-refractivity contribution is 0.0762. The second kappa shape index (κ2) is 4.65. The summed E-state index contributed by atoms with van der Waals surface area (Å²) in [5.41, 5.74) is -0.999. The minimum absolute atomic E-state index is 0.0525. The minimum Gasteiger partial charge on any atom is -0.389 e. The number of nitrogens with zero attached hydrogens (tertiary/aromatic N) is 1. The molecule has 0 bridgehead atoms. The van der Waals surface area contributed by atoms with Gasteiger partial charge in [-0.05, 0) is 25.5 Å². The van der Waals surface area contributed by atoms with Crippen molar-refractivity contribution >= 4 is 33.2 Å². The fourth-order valence-corrected chi connectivity index (χ4v) is 4.62. The van der Waals surface area contributed by atoms with E-state index in [1.54, 1.807) is 13.0 Å². The third-order valence-electron chi connectivity index (χ3n) is 2.93. The lowest BCUT2D eigenvalue weighted by atomic mass is 10.1. The van der Waals surface area contributed by atoms with Crippen LogP contribution >= 0.6 is 23.2 Å². The van der Waals surface area contributed by atoms with Crippen molar-refractivity contribution in [2.24, 2.45) is 0 Å². The van der Waals surface area contributed by atoms with E-state index in [0.29, 0.717) is 6.42 Å². The van der Waals surface area contributed by atoms with Crippen LogP contribution in [0.4, 0.5) is 0 Å². The summed E-state index contributed by atoms with van der Waals surface area (Å²) in [5.74, 6) is 0. The SMILES string of the molecule is CC1(O)CCN(S(=O)(=O)c2c(Cl)cccc2Cl)C1. The standard InChI is InChI=1S/C11H13Cl2NO3S/c1-11(15)5-6-14(7-11)18(16,17)10-8(12)3-2-4-9(10)13/h2-4,15H,5-7H2,1H3. The highest BCUT2D eigenvalue weighted by Gasteiger charge is 2.39. The van der Waals surface area contributed by atoms with Gasteiger partial charge in [-0.25, -0.2) is 8.42 Å². The summed E-state index contributed by atoms with van der Waals surface area (Å²) in [6, 6.07) is 4.55. The van der Waals surface area contributed by atoms with Crippen LogP contribution in [0.2, 0.25) is 10.0 Å². The van der Waals surface area contributed by atoms with Crippen molar-refractivity contribution in [3.8, 4) is 0 Å². The molecule has 1 N–H and O–H groups in total. The highest BCUT2D eigenvalue weighted by molar-refractivity contribution is 7.89. The van der Waals surface area contributed by atoms with E-state index >= 15 is 0 Å². The molecule has 7 heteroatoms. The summed E-state index contributed by atoms with van der Waals surface area (Å²) in [5, 5.41) is 10.0. The molecule has 0 saturated carbocycles. The topological polar surface area (TPSA) is 57.6 Å². The molecule has 0 amide bonds. The van der Waals surface area contributed by atoms with E-state index in [-0.39, 0.29) is 28.0 Å². The van der Waals surface area contributed by atoms with Crippen LogP contribution in [0.15, 0.2) is 23.1 Å². The van der Waals surface area contributed by atoms with Crippen LogP contribution in [0.5, 0.6) is 0 Å². The minimum atomic E-state index is -3.76. The Morgan fingerprint density at radius 2 is 1.89 bits per heavy atom. The molecule has 1 atom stereocenters. The van der Waals surface area contributed by atoms with Gasteiger partial charge in [-0.1, -0.05) is 29.3 Å². The van der Waals surface area contributed by atoms with E-state index in [2.05, 4.69) is 0 Å². The van der Waals surface area contributed by atoms with Crippen molar-refractivity contribution in [1.29, 1.82) is 0 Å². The van der Waals surface area contributed by atoms with Gasteiger partial charge in [0.15, 0.2) is 0 Å². The number of rotatable bonds is 2. The van der Waals surface area contributed by atoms with Gasteiger partial charge in [-0.15, -0.1) is 0 Å². The Hall–Kier alpha value is -0.330. The monoisotopic (exact) mass is 309 g/mol. The van der Waals surface area contributed by atoms with Crippen molar-refractivity contribution in [3.05, 3.63) is 28.2 Å². The van der Waals surface area contributed by atoms with Gasteiger partial charge in [0.2, 0.25) is 10.0 Å². The zero-order chi connectivity index (χ0) is 13.6. The number of hydrogen-bond donors (Lipinski definition) is 1. The van der Waals surface area contributed by atoms with Gasteiger partial charge in [-0.2, -0.15) is 4.31 Å². The van der Waals surface area contributed by atoms with Crippen LogP contribution in [0.1, 0.15) is 13.3 Å². The second-order valence-electron chi connectivity index (χ2n) is 4.64. The van der Waals surface area contributed by atoms with E-state index < -0.39 is 15.6 Å². The Bertz CT molecular complexity index is 551. The summed E-state index contributed by atoms with van der Waals surface area (Å²) in [4.78, 5) is -0.0916. The molecule has 100 valence electrons. The number of hydrogen-bond acceptors (Lipinski definition) is 3. The fraction of sp³-hybridized carbons (Fsp3) is 0.455. The first-order valence-electron chi connectivity index (χ1n) is 5.41. The molecular formula is C11H13Cl2NO3S. The molecule has 1 aromatic rings. The largest absolute Gasteiger partial charge is 0.389 e. The average molecular weight is 310 g/mol. The molecule has 2 rings (SSSR count). The molecule has 0 radical (unpaired) electrons. The number of halogens is 2. The van der Waals surface area contributed by atoms with Crippen molar-refractivity contribution < 1.29 is 13.5 Å². The lowest BCUT2D eigenvalue weighted by Crippen LogP contribution is -2.34. The first-order chi connectivity index (χ1) is 8.24. The molecule has 1 aliphatic heterocycles. The number of β-amino-alcohol motifs (C(OH)–C–C–N with tert-alkyl or cyclic N) is 1. The summed E-state index contributed by atoms with van der Waals surface area (Å²) < 4.78 is 26.0. The number of benzene rings is 1. The maximum absolute atomic E-state index is 12.4. The number of sulfonamides is 1. The average Bonchev–Trinajstić information content (AvgIpc) is 2.59. The third-order valence-corrected chi connectivity index (χ3v) is 5.73. The van der Waals surface area contributed by atoms with Crippen LogP contribution in [0.25, 0.3) is 0 Å². The Labute approximate surface area is 116 Å². The molecular weight excluding hydrogens is 297 g/mol. The first kappa shape index (κ1) is 14.1. The highest BCUT2D eigenvalue weighted by atomic mass is 35.5. The molecule has 0 aliphatic carbocycles. The van der Waals surface area contributed by atoms with Gasteiger partial charge in [0.1, 0.15) is 4.90 Å². The summed E-state index contributed by atoms with van der Waals surface area (Å²) in [7, 11) is -3.76. The van der Waals surface area contributed by atoms with Crippen molar-refractivity contribution in [3.63, 3.8) is 0 Å². The Kier molecular flexibility index (Phi) is 3.64. The Morgan fingerprint density at radius 1 is 1.33 bits per heavy atom. The summed E-state index contributed by atoms with van der Waals surface area (Å²) in [6.07, 6.45) is 0.397. The maximum atomic E-state index is 12.4. The number of aliphatic hydroxyl groups is 1. The fourth-order valence-electron chi connectivity index (χ4n) is 1.97. The van der Waals surface area contributed by atoms with Gasteiger partial charge >= 0.3 is 0 Å². The lowest BCUT2D eigenvalue weighted by Gasteiger charge is -2.20. The summed E-state index contributed by atoms with van der Waals surface area (Å²) in [6.45, 7) is 1.92. The molecule has 0 spiro atoms.